The van der Waals surface area contributed by atoms with E-state index < -0.39 is 0 Å². The second-order valence-electron chi connectivity index (χ2n) is 5.58. The van der Waals surface area contributed by atoms with E-state index in [9.17, 15) is 0 Å². The maximum Gasteiger partial charge on any atom is 0.0485 e. The summed E-state index contributed by atoms with van der Waals surface area (Å²) in [6.07, 6.45) is 0. The van der Waals surface area contributed by atoms with Crippen molar-refractivity contribution < 1.29 is 0 Å². The van der Waals surface area contributed by atoms with Crippen molar-refractivity contribution in [3.8, 4) is 5.69 Å². The van der Waals surface area contributed by atoms with E-state index in [0.29, 0.717) is 6.54 Å². The van der Waals surface area contributed by atoms with Crippen LogP contribution in [0.5, 0.6) is 0 Å². The summed E-state index contributed by atoms with van der Waals surface area (Å²) in [7, 11) is 0. The summed E-state index contributed by atoms with van der Waals surface area (Å²) < 4.78 is 2.31. The van der Waals surface area contributed by atoms with Gasteiger partial charge in [-0.2, -0.15) is 0 Å². The number of aromatic nitrogens is 1. The molecule has 2 N–H and O–H groups in total. The minimum atomic E-state index is 0.594. The van der Waals surface area contributed by atoms with Crippen LogP contribution in [0.4, 0.5) is 5.69 Å². The van der Waals surface area contributed by atoms with Gasteiger partial charge < -0.3 is 15.2 Å². The van der Waals surface area contributed by atoms with Crippen LogP contribution in [0.25, 0.3) is 5.69 Å². The fourth-order valence-corrected chi connectivity index (χ4v) is 3.08. The zero-order valence-corrected chi connectivity index (χ0v) is 13.9. The molecule has 21 heavy (non-hydrogen) atoms. The molecule has 0 atom stereocenters. The lowest BCUT2D eigenvalue weighted by Gasteiger charge is -2.23. The second kappa shape index (κ2) is 6.35. The third kappa shape index (κ3) is 2.84. The lowest BCUT2D eigenvalue weighted by atomic mass is 10.1. The van der Waals surface area contributed by atoms with Gasteiger partial charge in [-0.05, 0) is 70.0 Å². The Hall–Kier alpha value is -1.74. The van der Waals surface area contributed by atoms with E-state index in [1.165, 1.54) is 33.9 Å². The Morgan fingerprint density at radius 1 is 1.05 bits per heavy atom. The van der Waals surface area contributed by atoms with Crippen molar-refractivity contribution >= 4 is 5.69 Å². The third-order valence-electron chi connectivity index (χ3n) is 4.31. The number of nitrogens with two attached hydrogens (primary N) is 1. The molecular formula is C18H27N3. The van der Waals surface area contributed by atoms with Gasteiger partial charge in [0.2, 0.25) is 0 Å². The van der Waals surface area contributed by atoms with Gasteiger partial charge in [0.05, 0.1) is 0 Å². The average Bonchev–Trinajstić information content (AvgIpc) is 2.75. The van der Waals surface area contributed by atoms with Crippen molar-refractivity contribution in [1.82, 2.24) is 4.57 Å². The number of hydrogen-bond donors (Lipinski definition) is 1. The summed E-state index contributed by atoms with van der Waals surface area (Å²) in [4.78, 5) is 2.37. The molecule has 3 nitrogen and oxygen atoms in total. The molecule has 0 bridgehead atoms. The van der Waals surface area contributed by atoms with Crippen LogP contribution in [0.1, 0.15) is 36.4 Å². The molecule has 3 heteroatoms. The van der Waals surface area contributed by atoms with Crippen molar-refractivity contribution in [2.24, 2.45) is 5.73 Å². The van der Waals surface area contributed by atoms with Gasteiger partial charge in [0, 0.05) is 42.4 Å². The molecule has 0 saturated heterocycles. The lowest BCUT2D eigenvalue weighted by molar-refractivity contribution is 0.863. The Kier molecular flexibility index (Phi) is 4.73. The van der Waals surface area contributed by atoms with Gasteiger partial charge >= 0.3 is 0 Å². The number of aryl methyl sites for hydroxylation is 2. The lowest BCUT2D eigenvalue weighted by Crippen LogP contribution is -2.21. The first-order valence-corrected chi connectivity index (χ1v) is 7.77. The zero-order chi connectivity index (χ0) is 15.6. The van der Waals surface area contributed by atoms with Crippen LogP contribution >= 0.6 is 0 Å². The molecule has 2 aromatic rings. The molecule has 0 saturated carbocycles. The quantitative estimate of drug-likeness (QED) is 0.908. The number of anilines is 1. The largest absolute Gasteiger partial charge is 0.372 e. The number of benzene rings is 1. The molecular weight excluding hydrogens is 258 g/mol. The molecule has 0 radical (unpaired) electrons. The van der Waals surface area contributed by atoms with E-state index >= 15 is 0 Å². The average molecular weight is 285 g/mol. The van der Waals surface area contributed by atoms with Crippen LogP contribution < -0.4 is 10.6 Å². The molecule has 1 aromatic heterocycles. The molecule has 0 aliphatic rings. The van der Waals surface area contributed by atoms with Crippen LogP contribution in [0.15, 0.2) is 24.3 Å². The summed E-state index contributed by atoms with van der Waals surface area (Å²) in [5.74, 6) is 0. The summed E-state index contributed by atoms with van der Waals surface area (Å²) in [5.41, 5.74) is 13.4. The summed E-state index contributed by atoms with van der Waals surface area (Å²) in [6, 6.07) is 8.91. The molecule has 0 amide bonds. The number of nitrogens with zero attached hydrogens (tertiary/aromatic N) is 2. The zero-order valence-electron chi connectivity index (χ0n) is 13.9. The first kappa shape index (κ1) is 15.6. The fraction of sp³-hybridized carbons (Fsp3) is 0.444. The number of rotatable bonds is 5. The predicted octanol–water partition coefficient (Wildman–Crippen LogP) is 3.71. The maximum absolute atomic E-state index is 5.83. The van der Waals surface area contributed by atoms with Crippen LogP contribution in [-0.4, -0.2) is 17.7 Å². The smallest absolute Gasteiger partial charge is 0.0485 e. The topological polar surface area (TPSA) is 34.2 Å². The molecule has 0 spiro atoms. The molecule has 1 heterocycles. The molecule has 0 unspecified atom stereocenters. The first-order valence-electron chi connectivity index (χ1n) is 7.77. The summed E-state index contributed by atoms with van der Waals surface area (Å²) in [5, 5.41) is 0. The Morgan fingerprint density at radius 2 is 1.71 bits per heavy atom. The van der Waals surface area contributed by atoms with E-state index in [1.807, 2.05) is 0 Å². The summed E-state index contributed by atoms with van der Waals surface area (Å²) >= 11 is 0. The number of hydrogen-bond acceptors (Lipinski definition) is 2. The van der Waals surface area contributed by atoms with Crippen LogP contribution in [0.2, 0.25) is 0 Å². The molecule has 2 rings (SSSR count). The van der Waals surface area contributed by atoms with Crippen LogP contribution in [0.3, 0.4) is 0 Å². The molecule has 0 fully saturated rings. The highest BCUT2D eigenvalue weighted by Crippen LogP contribution is 2.26. The van der Waals surface area contributed by atoms with Crippen molar-refractivity contribution in [2.75, 3.05) is 18.0 Å². The Bertz CT molecular complexity index is 622. The van der Waals surface area contributed by atoms with Crippen molar-refractivity contribution in [3.05, 3.63) is 46.8 Å². The van der Waals surface area contributed by atoms with Crippen LogP contribution in [0, 0.1) is 20.8 Å². The SMILES string of the molecule is CCN(CC)c1ccc(-n2c(C)cc(CN)c2C)c(C)c1. The summed E-state index contributed by atoms with van der Waals surface area (Å²) in [6.45, 7) is 13.5. The van der Waals surface area contributed by atoms with Crippen LogP contribution in [-0.2, 0) is 6.54 Å². The van der Waals surface area contributed by atoms with Crippen molar-refractivity contribution in [1.29, 1.82) is 0 Å². The third-order valence-corrected chi connectivity index (χ3v) is 4.31. The van der Waals surface area contributed by atoms with Crippen molar-refractivity contribution in [2.45, 2.75) is 41.2 Å². The van der Waals surface area contributed by atoms with E-state index in [0.717, 1.165) is 13.1 Å². The minimum absolute atomic E-state index is 0.594. The van der Waals surface area contributed by atoms with E-state index in [2.05, 4.69) is 68.4 Å². The highest BCUT2D eigenvalue weighted by Gasteiger charge is 2.12. The van der Waals surface area contributed by atoms with Gasteiger partial charge in [-0.15, -0.1) is 0 Å². The molecule has 114 valence electrons. The fourth-order valence-electron chi connectivity index (χ4n) is 3.08. The monoisotopic (exact) mass is 285 g/mol. The first-order chi connectivity index (χ1) is 10.0. The maximum atomic E-state index is 5.83. The molecule has 1 aromatic carbocycles. The van der Waals surface area contributed by atoms with Crippen molar-refractivity contribution in [3.63, 3.8) is 0 Å². The van der Waals surface area contributed by atoms with E-state index in [1.54, 1.807) is 0 Å². The highest BCUT2D eigenvalue weighted by molar-refractivity contribution is 5.56. The normalized spacial score (nSPS) is 11.0. The molecule has 0 aliphatic carbocycles. The van der Waals surface area contributed by atoms with E-state index in [4.69, 9.17) is 5.73 Å². The van der Waals surface area contributed by atoms with Gasteiger partial charge in [-0.25, -0.2) is 0 Å². The van der Waals surface area contributed by atoms with Gasteiger partial charge in [-0.1, -0.05) is 0 Å². The van der Waals surface area contributed by atoms with Gasteiger partial charge in [0.25, 0.3) is 0 Å². The highest BCUT2D eigenvalue weighted by atomic mass is 15.1. The molecule has 0 aliphatic heterocycles. The van der Waals surface area contributed by atoms with E-state index in [-0.39, 0.29) is 0 Å². The Morgan fingerprint density at radius 3 is 2.19 bits per heavy atom. The van der Waals surface area contributed by atoms with Gasteiger partial charge in [-0.3, -0.25) is 0 Å². The van der Waals surface area contributed by atoms with Gasteiger partial charge in [0.1, 0.15) is 0 Å². The van der Waals surface area contributed by atoms with Gasteiger partial charge in [0.15, 0.2) is 0 Å². The predicted molar refractivity (Wildman–Crippen MR) is 91.4 cm³/mol. The Balaban J connectivity index is 2.49. The minimum Gasteiger partial charge on any atom is -0.372 e. The Labute approximate surface area is 128 Å². The standard InChI is InChI=1S/C18H27N3/c1-6-20(7-2)17-8-9-18(13(3)10-17)21-14(4)11-16(12-19)15(21)5/h8-11H,6-7,12,19H2,1-5H3. The second-order valence-corrected chi connectivity index (χ2v) is 5.58.